The van der Waals surface area contributed by atoms with E-state index in [2.05, 4.69) is 20.2 Å². The molecule has 28 heavy (non-hydrogen) atoms. The number of hydrogen-bond donors (Lipinski definition) is 2. The van der Waals surface area contributed by atoms with E-state index in [1.807, 2.05) is 31.2 Å². The number of carbonyl (C=O) groups is 1. The first-order valence-electron chi connectivity index (χ1n) is 7.90. The molecule has 0 fully saturated rings. The topological polar surface area (TPSA) is 101 Å². The molecule has 3 rings (SSSR count). The molecule has 1 heterocycles. The fourth-order valence-corrected chi connectivity index (χ4v) is 4.69. The Morgan fingerprint density at radius 1 is 1.14 bits per heavy atom. The Hall–Kier alpha value is -2.04. The summed E-state index contributed by atoms with van der Waals surface area (Å²) in [5.41, 5.74) is 2.00. The molecule has 146 valence electrons. The predicted molar refractivity (Wildman–Crippen MR) is 110 cm³/mol. The lowest BCUT2D eigenvalue weighted by Crippen LogP contribution is -2.23. The van der Waals surface area contributed by atoms with Gasteiger partial charge in [0.15, 0.2) is 0 Å². The molecule has 0 atom stereocenters. The average Bonchev–Trinajstić information content (AvgIpc) is 3.10. The Kier molecular flexibility index (Phi) is 6.31. The van der Waals surface area contributed by atoms with Crippen LogP contribution in [0.3, 0.4) is 0 Å². The highest BCUT2D eigenvalue weighted by atomic mass is 35.5. The van der Waals surface area contributed by atoms with Crippen molar-refractivity contribution in [1.29, 1.82) is 0 Å². The number of carbonyl (C=O) groups excluding carboxylic acids is 1. The maximum atomic E-state index is 12.4. The molecule has 1 amide bonds. The van der Waals surface area contributed by atoms with Crippen LogP contribution in [0.1, 0.15) is 21.5 Å². The average molecular weight is 457 g/mol. The molecule has 0 spiro atoms. The van der Waals surface area contributed by atoms with Gasteiger partial charge < -0.3 is 0 Å². The first-order chi connectivity index (χ1) is 13.3. The fourth-order valence-electron chi connectivity index (χ4n) is 2.25. The van der Waals surface area contributed by atoms with Crippen molar-refractivity contribution in [1.82, 2.24) is 14.9 Å². The van der Waals surface area contributed by atoms with Crippen molar-refractivity contribution < 1.29 is 13.2 Å². The number of sulfonamides is 1. The highest BCUT2D eigenvalue weighted by molar-refractivity contribution is 7.91. The zero-order valence-electron chi connectivity index (χ0n) is 14.4. The number of halogens is 2. The maximum Gasteiger partial charge on any atom is 0.270 e. The van der Waals surface area contributed by atoms with Crippen molar-refractivity contribution >= 4 is 55.6 Å². The summed E-state index contributed by atoms with van der Waals surface area (Å²) in [6.07, 6.45) is 0. The lowest BCUT2D eigenvalue weighted by Gasteiger charge is -2.06. The van der Waals surface area contributed by atoms with Gasteiger partial charge in [-0.15, -0.1) is 10.2 Å². The molecular formula is C17H14Cl2N4O3S2. The van der Waals surface area contributed by atoms with Gasteiger partial charge in [-0.2, -0.15) is 0 Å². The predicted octanol–water partition coefficient (Wildman–Crippen LogP) is 3.88. The first-order valence-corrected chi connectivity index (χ1v) is 11.0. The van der Waals surface area contributed by atoms with Crippen molar-refractivity contribution in [3.8, 4) is 0 Å². The van der Waals surface area contributed by atoms with E-state index in [1.165, 1.54) is 18.2 Å². The van der Waals surface area contributed by atoms with Crippen LogP contribution in [0.2, 0.25) is 10.0 Å². The van der Waals surface area contributed by atoms with E-state index < -0.39 is 15.9 Å². The Balaban J connectivity index is 1.70. The summed E-state index contributed by atoms with van der Waals surface area (Å²) < 4.78 is 27.1. The minimum atomic E-state index is -3.87. The molecule has 2 aromatic carbocycles. The molecule has 0 radical (unpaired) electrons. The van der Waals surface area contributed by atoms with Crippen molar-refractivity contribution in [2.45, 2.75) is 17.8 Å². The third-order valence-corrected chi connectivity index (χ3v) is 6.90. The second-order valence-electron chi connectivity index (χ2n) is 5.70. The Morgan fingerprint density at radius 2 is 1.89 bits per heavy atom. The Labute approximate surface area is 175 Å². The van der Waals surface area contributed by atoms with Gasteiger partial charge in [-0.3, -0.25) is 10.1 Å². The van der Waals surface area contributed by atoms with Crippen molar-refractivity contribution in [3.63, 3.8) is 0 Å². The summed E-state index contributed by atoms with van der Waals surface area (Å²) in [6.45, 7) is 2.01. The van der Waals surface area contributed by atoms with Crippen LogP contribution >= 0.6 is 34.5 Å². The zero-order chi connectivity index (χ0) is 20.3. The van der Waals surface area contributed by atoms with Crippen LogP contribution in [0, 0.1) is 6.92 Å². The maximum absolute atomic E-state index is 12.4. The fraction of sp³-hybridized carbons (Fsp3) is 0.118. The summed E-state index contributed by atoms with van der Waals surface area (Å²) in [6, 6.07) is 11.8. The van der Waals surface area contributed by atoms with Crippen LogP contribution in [-0.2, 0) is 16.6 Å². The normalized spacial score (nSPS) is 11.4. The highest BCUT2D eigenvalue weighted by Gasteiger charge is 2.21. The largest absolute Gasteiger partial charge is 0.296 e. The molecule has 1 aromatic heterocycles. The Morgan fingerprint density at radius 3 is 2.61 bits per heavy atom. The first kappa shape index (κ1) is 20.7. The number of rotatable bonds is 6. The molecule has 2 N–H and O–H groups in total. The molecule has 0 aliphatic rings. The van der Waals surface area contributed by atoms with Crippen molar-refractivity contribution in [3.05, 3.63) is 69.2 Å². The van der Waals surface area contributed by atoms with E-state index >= 15 is 0 Å². The van der Waals surface area contributed by atoms with Gasteiger partial charge in [-0.1, -0.05) is 58.8 Å². The number of hydrogen-bond acceptors (Lipinski definition) is 6. The van der Waals surface area contributed by atoms with Crippen molar-refractivity contribution in [2.24, 2.45) is 0 Å². The molecule has 11 heteroatoms. The van der Waals surface area contributed by atoms with E-state index in [4.69, 9.17) is 23.2 Å². The molecular weight excluding hydrogens is 443 g/mol. The van der Waals surface area contributed by atoms with E-state index in [0.717, 1.165) is 22.5 Å². The van der Waals surface area contributed by atoms with Gasteiger partial charge in [0.05, 0.1) is 10.6 Å². The third-order valence-electron chi connectivity index (χ3n) is 3.75. The molecule has 0 bridgehead atoms. The van der Waals surface area contributed by atoms with Gasteiger partial charge in [0.1, 0.15) is 0 Å². The summed E-state index contributed by atoms with van der Waals surface area (Å²) >= 11 is 12.5. The molecule has 0 saturated carbocycles. The summed E-state index contributed by atoms with van der Waals surface area (Å²) in [5, 5.41) is 10.4. The number of aromatic nitrogens is 2. The second-order valence-corrected chi connectivity index (χ2v) is 9.46. The van der Waals surface area contributed by atoms with Crippen molar-refractivity contribution in [2.75, 3.05) is 5.32 Å². The Bertz CT molecular complexity index is 1130. The van der Waals surface area contributed by atoms with Gasteiger partial charge in [-0.05, 0) is 36.2 Å². The van der Waals surface area contributed by atoms with Crippen LogP contribution < -0.4 is 10.0 Å². The number of benzene rings is 2. The second kappa shape index (κ2) is 8.54. The summed E-state index contributed by atoms with van der Waals surface area (Å²) in [5.74, 6) is -0.547. The molecule has 7 nitrogen and oxygen atoms in total. The number of nitrogens with one attached hydrogen (secondary N) is 2. The van der Waals surface area contributed by atoms with E-state index in [9.17, 15) is 13.2 Å². The number of nitrogens with zero attached hydrogens (tertiary/aromatic N) is 2. The minimum absolute atomic E-state index is 0.0345. The lowest BCUT2D eigenvalue weighted by atomic mass is 10.1. The number of anilines is 1. The van der Waals surface area contributed by atoms with Crippen LogP contribution in [0.4, 0.5) is 5.13 Å². The quantitative estimate of drug-likeness (QED) is 0.547. The molecule has 0 aliphatic heterocycles. The lowest BCUT2D eigenvalue weighted by molar-refractivity contribution is 0.102. The van der Waals surface area contributed by atoms with Gasteiger partial charge >= 0.3 is 0 Å². The molecule has 3 aromatic rings. The van der Waals surface area contributed by atoms with Crippen LogP contribution in [-0.4, -0.2) is 24.5 Å². The summed E-state index contributed by atoms with van der Waals surface area (Å²) in [7, 11) is -3.87. The smallest absolute Gasteiger partial charge is 0.270 e. The van der Waals surface area contributed by atoms with E-state index in [-0.39, 0.29) is 26.6 Å². The number of aryl methyl sites for hydroxylation is 1. The minimum Gasteiger partial charge on any atom is -0.296 e. The SMILES string of the molecule is Cc1ccccc1CNS(=O)(=O)c1nnc(NC(=O)c2ccc(Cl)cc2Cl)s1. The van der Waals surface area contributed by atoms with Crippen LogP contribution in [0.15, 0.2) is 46.8 Å². The highest BCUT2D eigenvalue weighted by Crippen LogP contribution is 2.24. The van der Waals surface area contributed by atoms with Gasteiger partial charge in [-0.25, -0.2) is 13.1 Å². The standard InChI is InChI=1S/C17H14Cl2N4O3S2/c1-10-4-2-3-5-11(10)9-20-28(25,26)17-23-22-16(27-17)21-15(24)13-7-6-12(18)8-14(13)19/h2-8,20H,9H2,1H3,(H,21,22,24). The van der Waals surface area contributed by atoms with Gasteiger partial charge in [0, 0.05) is 11.6 Å². The zero-order valence-corrected chi connectivity index (χ0v) is 17.6. The summed E-state index contributed by atoms with van der Waals surface area (Å²) in [4.78, 5) is 12.3. The molecule has 0 aliphatic carbocycles. The van der Waals surface area contributed by atoms with Gasteiger partial charge in [0.2, 0.25) is 9.47 Å². The monoisotopic (exact) mass is 456 g/mol. The molecule has 0 saturated heterocycles. The van der Waals surface area contributed by atoms with Gasteiger partial charge in [0.25, 0.3) is 15.9 Å². The van der Waals surface area contributed by atoms with Crippen LogP contribution in [0.5, 0.6) is 0 Å². The molecule has 0 unspecified atom stereocenters. The van der Waals surface area contributed by atoms with E-state index in [1.54, 1.807) is 0 Å². The van der Waals surface area contributed by atoms with Crippen LogP contribution in [0.25, 0.3) is 0 Å². The third kappa shape index (κ3) is 4.86. The number of amides is 1. The van der Waals surface area contributed by atoms with E-state index in [0.29, 0.717) is 5.02 Å².